The van der Waals surface area contributed by atoms with Gasteiger partial charge in [0.1, 0.15) is 0 Å². The number of rotatable bonds is 4. The second-order valence-electron chi connectivity index (χ2n) is 6.27. The van der Waals surface area contributed by atoms with Crippen molar-refractivity contribution in [2.75, 3.05) is 0 Å². The fraction of sp³-hybridized carbons (Fsp3) is 0.150. The van der Waals surface area contributed by atoms with E-state index >= 15 is 0 Å². The van der Waals surface area contributed by atoms with Crippen LogP contribution >= 0.6 is 0 Å². The van der Waals surface area contributed by atoms with Crippen LogP contribution in [0.5, 0.6) is 0 Å². The lowest BCUT2D eigenvalue weighted by atomic mass is 9.72. The van der Waals surface area contributed by atoms with Gasteiger partial charge in [-0.2, -0.15) is 0 Å². The fourth-order valence-corrected chi connectivity index (χ4v) is 3.33. The smallest absolute Gasteiger partial charge is 0.269 e. The minimum atomic E-state index is -1.18. The quantitative estimate of drug-likeness (QED) is 0.581. The highest BCUT2D eigenvalue weighted by molar-refractivity contribution is 5.98. The number of carbonyl (C=O) groups excluding carboxylic acids is 1. The molecule has 0 aliphatic heterocycles. The van der Waals surface area contributed by atoms with E-state index in [0.29, 0.717) is 5.56 Å². The van der Waals surface area contributed by atoms with Crippen LogP contribution in [0.3, 0.4) is 0 Å². The van der Waals surface area contributed by atoms with Gasteiger partial charge in [-0.15, -0.1) is 0 Å². The van der Waals surface area contributed by atoms with Crippen molar-refractivity contribution in [1.82, 2.24) is 0 Å². The Hall–Kier alpha value is -3.21. The number of non-ortho nitro benzene ring substituents is 1. The summed E-state index contributed by atoms with van der Waals surface area (Å²) < 4.78 is 0. The Kier molecular flexibility index (Phi) is 4.00. The first-order chi connectivity index (χ1) is 11.9. The molecule has 0 aliphatic carbocycles. The third-order valence-electron chi connectivity index (χ3n) is 4.79. The fourth-order valence-electron chi connectivity index (χ4n) is 3.33. The number of hydrogen-bond acceptors (Lipinski definition) is 3. The van der Waals surface area contributed by atoms with E-state index in [2.05, 4.69) is 0 Å². The molecule has 0 radical (unpaired) electrons. The number of nitrogens with two attached hydrogens (primary N) is 1. The van der Waals surface area contributed by atoms with Crippen molar-refractivity contribution in [2.24, 2.45) is 5.73 Å². The Bertz CT molecular complexity index is 992. The van der Waals surface area contributed by atoms with E-state index in [1.807, 2.05) is 49.4 Å². The maximum Gasteiger partial charge on any atom is 0.269 e. The Labute approximate surface area is 145 Å². The molecule has 3 rings (SSSR count). The number of carbonyl (C=O) groups is 1. The molecule has 0 spiro atoms. The SMILES string of the molecule is Cc1ccc([N+](=O)[O-])cc1C(C)(C(N)=O)c1cccc2ccccc12. The standard InChI is InChI=1S/C20H18N2O3/c1-13-10-11-15(22(24)25)12-18(13)20(2,19(21)23)17-9-5-7-14-6-3-4-8-16(14)17/h3-12H,1-2H3,(H2,21,23). The van der Waals surface area contributed by atoms with Gasteiger partial charge in [-0.3, -0.25) is 14.9 Å². The Morgan fingerprint density at radius 2 is 1.72 bits per heavy atom. The summed E-state index contributed by atoms with van der Waals surface area (Å²) in [6.07, 6.45) is 0. The molecule has 25 heavy (non-hydrogen) atoms. The van der Waals surface area contributed by atoms with Crippen LogP contribution < -0.4 is 5.73 Å². The first-order valence-corrected chi connectivity index (χ1v) is 7.89. The van der Waals surface area contributed by atoms with Crippen molar-refractivity contribution in [3.8, 4) is 0 Å². The number of nitro groups is 1. The van der Waals surface area contributed by atoms with Gasteiger partial charge in [-0.1, -0.05) is 48.5 Å². The van der Waals surface area contributed by atoms with Crippen LogP contribution in [0.2, 0.25) is 0 Å². The van der Waals surface area contributed by atoms with Crippen LogP contribution in [0.4, 0.5) is 5.69 Å². The minimum absolute atomic E-state index is 0.0617. The first kappa shape index (κ1) is 16.6. The molecule has 1 unspecified atom stereocenters. The molecule has 3 aromatic carbocycles. The summed E-state index contributed by atoms with van der Waals surface area (Å²) in [5.41, 5.74) is 6.63. The normalized spacial score (nSPS) is 13.4. The Morgan fingerprint density at radius 1 is 1.04 bits per heavy atom. The largest absolute Gasteiger partial charge is 0.369 e. The molecule has 0 saturated heterocycles. The van der Waals surface area contributed by atoms with Crippen LogP contribution in [-0.2, 0) is 10.2 Å². The zero-order valence-electron chi connectivity index (χ0n) is 14.0. The van der Waals surface area contributed by atoms with Crippen molar-refractivity contribution in [1.29, 1.82) is 0 Å². The van der Waals surface area contributed by atoms with Crippen LogP contribution in [0.1, 0.15) is 23.6 Å². The molecule has 0 fully saturated rings. The van der Waals surface area contributed by atoms with Crippen molar-refractivity contribution < 1.29 is 9.72 Å². The zero-order valence-corrected chi connectivity index (χ0v) is 14.0. The second-order valence-corrected chi connectivity index (χ2v) is 6.27. The van der Waals surface area contributed by atoms with Gasteiger partial charge in [-0.25, -0.2) is 0 Å². The van der Waals surface area contributed by atoms with Gasteiger partial charge in [-0.05, 0) is 41.3 Å². The molecule has 1 atom stereocenters. The van der Waals surface area contributed by atoms with E-state index in [4.69, 9.17) is 5.73 Å². The highest BCUT2D eigenvalue weighted by atomic mass is 16.6. The Morgan fingerprint density at radius 3 is 2.40 bits per heavy atom. The molecule has 0 bridgehead atoms. The van der Waals surface area contributed by atoms with Gasteiger partial charge in [0.05, 0.1) is 10.3 Å². The molecular weight excluding hydrogens is 316 g/mol. The maximum absolute atomic E-state index is 12.6. The molecular formula is C20H18N2O3. The van der Waals surface area contributed by atoms with E-state index in [1.54, 1.807) is 13.0 Å². The molecule has 3 aromatic rings. The van der Waals surface area contributed by atoms with Gasteiger partial charge in [0.25, 0.3) is 5.69 Å². The third kappa shape index (κ3) is 2.63. The molecule has 2 N–H and O–H groups in total. The van der Waals surface area contributed by atoms with Gasteiger partial charge < -0.3 is 5.73 Å². The molecule has 5 nitrogen and oxygen atoms in total. The number of aryl methyl sites for hydroxylation is 1. The molecule has 1 amide bonds. The van der Waals surface area contributed by atoms with Crippen molar-refractivity contribution in [3.05, 3.63) is 87.5 Å². The number of primary amides is 1. The number of nitrogens with zero attached hydrogens (tertiary/aromatic N) is 1. The van der Waals surface area contributed by atoms with Crippen LogP contribution in [0, 0.1) is 17.0 Å². The number of fused-ring (bicyclic) bond motifs is 1. The van der Waals surface area contributed by atoms with Crippen LogP contribution in [-0.4, -0.2) is 10.8 Å². The average molecular weight is 334 g/mol. The lowest BCUT2D eigenvalue weighted by Crippen LogP contribution is -2.40. The van der Waals surface area contributed by atoms with Crippen LogP contribution in [0.25, 0.3) is 10.8 Å². The van der Waals surface area contributed by atoms with Gasteiger partial charge >= 0.3 is 0 Å². The van der Waals surface area contributed by atoms with E-state index in [9.17, 15) is 14.9 Å². The topological polar surface area (TPSA) is 86.2 Å². The Balaban J connectivity index is 2.37. The first-order valence-electron chi connectivity index (χ1n) is 7.89. The highest BCUT2D eigenvalue weighted by Crippen LogP contribution is 2.39. The van der Waals surface area contributed by atoms with Crippen molar-refractivity contribution >= 4 is 22.4 Å². The summed E-state index contributed by atoms with van der Waals surface area (Å²) in [5.74, 6) is -0.549. The van der Waals surface area contributed by atoms with Gasteiger partial charge in [0, 0.05) is 12.1 Å². The average Bonchev–Trinajstić information content (AvgIpc) is 2.60. The number of amides is 1. The van der Waals surface area contributed by atoms with E-state index < -0.39 is 16.2 Å². The molecule has 5 heteroatoms. The summed E-state index contributed by atoms with van der Waals surface area (Å²) in [6.45, 7) is 3.55. The minimum Gasteiger partial charge on any atom is -0.369 e. The van der Waals surface area contributed by atoms with Crippen LogP contribution in [0.15, 0.2) is 60.7 Å². The number of hydrogen-bond donors (Lipinski definition) is 1. The monoisotopic (exact) mass is 334 g/mol. The second kappa shape index (κ2) is 6.02. The molecule has 0 aromatic heterocycles. The lowest BCUT2D eigenvalue weighted by molar-refractivity contribution is -0.385. The predicted molar refractivity (Wildman–Crippen MR) is 97.4 cm³/mol. The molecule has 0 saturated carbocycles. The van der Waals surface area contributed by atoms with E-state index in [-0.39, 0.29) is 5.69 Å². The zero-order chi connectivity index (χ0) is 18.2. The van der Waals surface area contributed by atoms with Crippen molar-refractivity contribution in [3.63, 3.8) is 0 Å². The predicted octanol–water partition coefficient (Wildman–Crippen LogP) is 3.85. The van der Waals surface area contributed by atoms with E-state index in [0.717, 1.165) is 21.9 Å². The van der Waals surface area contributed by atoms with Gasteiger partial charge in [0.15, 0.2) is 0 Å². The molecule has 126 valence electrons. The summed E-state index contributed by atoms with van der Waals surface area (Å²) >= 11 is 0. The summed E-state index contributed by atoms with van der Waals surface area (Å²) in [7, 11) is 0. The summed E-state index contributed by atoms with van der Waals surface area (Å²) in [4.78, 5) is 23.3. The number of benzene rings is 3. The number of nitro benzene ring substituents is 1. The van der Waals surface area contributed by atoms with E-state index in [1.165, 1.54) is 12.1 Å². The summed E-state index contributed by atoms with van der Waals surface area (Å²) in [6, 6.07) is 17.9. The summed E-state index contributed by atoms with van der Waals surface area (Å²) in [5, 5.41) is 13.1. The third-order valence-corrected chi connectivity index (χ3v) is 4.79. The van der Waals surface area contributed by atoms with Crippen molar-refractivity contribution in [2.45, 2.75) is 19.3 Å². The molecule has 0 heterocycles. The lowest BCUT2D eigenvalue weighted by Gasteiger charge is -2.30. The molecule has 0 aliphatic rings. The maximum atomic E-state index is 12.6. The highest BCUT2D eigenvalue weighted by Gasteiger charge is 2.38. The van der Waals surface area contributed by atoms with Gasteiger partial charge in [0.2, 0.25) is 5.91 Å².